The van der Waals surface area contributed by atoms with E-state index in [1.807, 2.05) is 71.9 Å². The Kier molecular flexibility index (Phi) is 16.8. The smallest absolute Gasteiger partial charge is 0.425 e. The molecule has 8 nitrogen and oxygen atoms in total. The number of benzene rings is 1. The third-order valence-electron chi connectivity index (χ3n) is 3.49. The molecule has 3 N–H and O–H groups in total. The van der Waals surface area contributed by atoms with Gasteiger partial charge in [-0.3, -0.25) is 20.2 Å². The third kappa shape index (κ3) is 12.2. The molecule has 0 saturated heterocycles. The van der Waals surface area contributed by atoms with Crippen LogP contribution in [0.5, 0.6) is 0 Å². The molecule has 1 aromatic carbocycles. The maximum atomic E-state index is 12.2. The van der Waals surface area contributed by atoms with Crippen molar-refractivity contribution in [3.05, 3.63) is 35.9 Å². The highest BCUT2D eigenvalue weighted by atomic mass is 16.5. The summed E-state index contributed by atoms with van der Waals surface area (Å²) < 4.78 is 4.34. The van der Waals surface area contributed by atoms with E-state index in [9.17, 15) is 9.59 Å². The molecule has 0 aromatic heterocycles. The van der Waals surface area contributed by atoms with Crippen molar-refractivity contribution < 1.29 is 14.3 Å². The van der Waals surface area contributed by atoms with E-state index in [0.717, 1.165) is 11.9 Å². The van der Waals surface area contributed by atoms with E-state index >= 15 is 0 Å². The van der Waals surface area contributed by atoms with Crippen LogP contribution in [0.25, 0.3) is 0 Å². The summed E-state index contributed by atoms with van der Waals surface area (Å²) in [5.74, 6) is 0.334. The molecule has 8 heteroatoms. The molecule has 0 radical (unpaired) electrons. The molecule has 164 valence electrons. The summed E-state index contributed by atoms with van der Waals surface area (Å²) in [7, 11) is 2.95. The Morgan fingerprint density at radius 1 is 1.14 bits per heavy atom. The number of nitrogens with zero attached hydrogens (tertiary/aromatic N) is 2. The first kappa shape index (κ1) is 28.3. The van der Waals surface area contributed by atoms with Crippen molar-refractivity contribution in [1.29, 1.82) is 5.41 Å². The highest BCUT2D eigenvalue weighted by Gasteiger charge is 2.21. The SMILES string of the molecule is CC.CN=CNC(C(=O)c1ccccc1)C(C)C.COC(=O)NN(C=N)C(C)C. The second-order valence-electron chi connectivity index (χ2n) is 6.24. The van der Waals surface area contributed by atoms with Gasteiger partial charge in [0.2, 0.25) is 0 Å². The molecule has 0 aliphatic carbocycles. The van der Waals surface area contributed by atoms with E-state index in [2.05, 4.69) is 20.5 Å². The van der Waals surface area contributed by atoms with Gasteiger partial charge in [-0.25, -0.2) is 10.2 Å². The fraction of sp³-hybridized carbons (Fsp3) is 0.524. The summed E-state index contributed by atoms with van der Waals surface area (Å²) in [6, 6.07) is 9.15. The van der Waals surface area contributed by atoms with E-state index in [1.54, 1.807) is 13.4 Å². The predicted octanol–water partition coefficient (Wildman–Crippen LogP) is 3.74. The van der Waals surface area contributed by atoms with Crippen LogP contribution in [0.1, 0.15) is 51.9 Å². The van der Waals surface area contributed by atoms with Gasteiger partial charge in [0.15, 0.2) is 5.78 Å². The minimum absolute atomic E-state index is 0.0478. The number of carbonyl (C=O) groups excluding carboxylic acids is 2. The zero-order chi connectivity index (χ0) is 22.8. The van der Waals surface area contributed by atoms with Crippen LogP contribution < -0.4 is 10.7 Å². The van der Waals surface area contributed by atoms with Crippen LogP contribution in [0, 0.1) is 11.3 Å². The zero-order valence-corrected chi connectivity index (χ0v) is 18.9. The highest BCUT2D eigenvalue weighted by molar-refractivity contribution is 6.01. The topological polar surface area (TPSA) is 107 Å². The summed E-state index contributed by atoms with van der Waals surface area (Å²) in [5, 5.41) is 11.3. The Morgan fingerprint density at radius 3 is 2.07 bits per heavy atom. The molecule has 29 heavy (non-hydrogen) atoms. The monoisotopic (exact) mass is 407 g/mol. The highest BCUT2D eigenvalue weighted by Crippen LogP contribution is 2.10. The van der Waals surface area contributed by atoms with Crippen molar-refractivity contribution >= 4 is 24.6 Å². The van der Waals surface area contributed by atoms with Crippen molar-refractivity contribution in [1.82, 2.24) is 15.8 Å². The van der Waals surface area contributed by atoms with Gasteiger partial charge in [-0.15, -0.1) is 0 Å². The molecule has 0 fully saturated rings. The lowest BCUT2D eigenvalue weighted by molar-refractivity contribution is 0.0930. The van der Waals surface area contributed by atoms with Crippen molar-refractivity contribution in [3.63, 3.8) is 0 Å². The number of ketones is 1. The van der Waals surface area contributed by atoms with Crippen molar-refractivity contribution in [3.8, 4) is 0 Å². The number of ether oxygens (including phenoxy) is 1. The third-order valence-corrected chi connectivity index (χ3v) is 3.49. The number of hydrogen-bond donors (Lipinski definition) is 3. The van der Waals surface area contributed by atoms with Crippen LogP contribution in [0.3, 0.4) is 0 Å². The fourth-order valence-corrected chi connectivity index (χ4v) is 1.97. The summed E-state index contributed by atoms with van der Waals surface area (Å²) >= 11 is 0. The van der Waals surface area contributed by atoms with Gasteiger partial charge in [0.25, 0.3) is 0 Å². The lowest BCUT2D eigenvalue weighted by Crippen LogP contribution is -2.45. The van der Waals surface area contributed by atoms with E-state index < -0.39 is 6.09 Å². The fourth-order valence-electron chi connectivity index (χ4n) is 1.97. The van der Waals surface area contributed by atoms with Crippen molar-refractivity contribution in [2.45, 2.75) is 53.6 Å². The molecule has 1 aromatic rings. The second-order valence-corrected chi connectivity index (χ2v) is 6.24. The quantitative estimate of drug-likeness (QED) is 0.263. The first-order chi connectivity index (χ1) is 13.8. The standard InChI is InChI=1S/C13H18N2O.C6H13N3O2.C2H6/c1-10(2)12(15-9-14-3)13(16)11-7-5-4-6-8-11;1-5(2)9(4-7)8-6(10)11-3;1-2/h4-10,12H,1-3H3,(H,14,15);4-5,7H,1-3H3,(H,8,10);1-2H3. The number of amides is 1. The molecule has 1 amide bonds. The van der Waals surface area contributed by atoms with Crippen LogP contribution in [-0.2, 0) is 4.74 Å². The molecule has 1 rings (SSSR count). The van der Waals surface area contributed by atoms with Crippen LogP contribution >= 0.6 is 0 Å². The maximum Gasteiger partial charge on any atom is 0.425 e. The average Bonchev–Trinajstić information content (AvgIpc) is 2.74. The zero-order valence-electron chi connectivity index (χ0n) is 18.9. The van der Waals surface area contributed by atoms with Crippen LogP contribution in [-0.4, -0.2) is 55.8 Å². The average molecular weight is 408 g/mol. The number of nitrogens with one attached hydrogen (secondary N) is 3. The van der Waals surface area contributed by atoms with Gasteiger partial charge >= 0.3 is 6.09 Å². The Labute approximate surface area is 175 Å². The Hall–Kier alpha value is -2.90. The van der Waals surface area contributed by atoms with Gasteiger partial charge < -0.3 is 10.1 Å². The lowest BCUT2D eigenvalue weighted by atomic mass is 9.95. The molecule has 0 spiro atoms. The Balaban J connectivity index is 0. The molecule has 1 atom stereocenters. The van der Waals surface area contributed by atoms with Gasteiger partial charge in [0, 0.05) is 18.7 Å². The minimum atomic E-state index is -0.567. The van der Waals surface area contributed by atoms with Gasteiger partial charge in [0.1, 0.15) is 6.34 Å². The number of aliphatic imine (C=N–C) groups is 1. The summed E-state index contributed by atoms with van der Waals surface area (Å²) in [6.07, 6.45) is 2.04. The lowest BCUT2D eigenvalue weighted by Gasteiger charge is -2.22. The van der Waals surface area contributed by atoms with Crippen LogP contribution in [0.2, 0.25) is 0 Å². The molecule has 1 unspecified atom stereocenters. The molecule has 0 saturated carbocycles. The number of hydrogen-bond acceptors (Lipinski definition) is 5. The number of hydrazine groups is 1. The minimum Gasteiger partial charge on any atom is -0.452 e. The van der Waals surface area contributed by atoms with Crippen molar-refractivity contribution in [2.75, 3.05) is 14.2 Å². The molecule has 0 aliphatic rings. The van der Waals surface area contributed by atoms with Crippen LogP contribution in [0.4, 0.5) is 4.79 Å². The summed E-state index contributed by atoms with van der Waals surface area (Å²) in [5.41, 5.74) is 3.08. The van der Waals surface area contributed by atoms with E-state index in [1.165, 1.54) is 12.1 Å². The van der Waals surface area contributed by atoms with Gasteiger partial charge in [-0.05, 0) is 19.8 Å². The van der Waals surface area contributed by atoms with E-state index in [4.69, 9.17) is 5.41 Å². The number of carbonyl (C=O) groups is 2. The van der Waals surface area contributed by atoms with E-state index in [-0.39, 0.29) is 23.8 Å². The molecule has 0 heterocycles. The summed E-state index contributed by atoms with van der Waals surface area (Å²) in [4.78, 5) is 26.6. The van der Waals surface area contributed by atoms with Gasteiger partial charge in [-0.2, -0.15) is 0 Å². The molecule has 0 aliphatic heterocycles. The van der Waals surface area contributed by atoms with E-state index in [0.29, 0.717) is 0 Å². The normalized spacial score (nSPS) is 10.8. The molecule has 0 bridgehead atoms. The van der Waals surface area contributed by atoms with Crippen molar-refractivity contribution in [2.24, 2.45) is 10.9 Å². The van der Waals surface area contributed by atoms with Gasteiger partial charge in [0.05, 0.1) is 19.5 Å². The molecular weight excluding hydrogens is 370 g/mol. The Morgan fingerprint density at radius 2 is 1.69 bits per heavy atom. The molecular formula is C21H37N5O3. The maximum absolute atomic E-state index is 12.2. The summed E-state index contributed by atoms with van der Waals surface area (Å²) in [6.45, 7) is 11.7. The van der Waals surface area contributed by atoms with Gasteiger partial charge in [-0.1, -0.05) is 58.0 Å². The first-order valence-corrected chi connectivity index (χ1v) is 9.67. The van der Waals surface area contributed by atoms with Crippen LogP contribution in [0.15, 0.2) is 35.3 Å². The largest absolute Gasteiger partial charge is 0.452 e. The predicted molar refractivity (Wildman–Crippen MR) is 120 cm³/mol. The second kappa shape index (κ2) is 17.2. The Bertz CT molecular complexity index is 604. The number of Topliss-reactive ketones (excluding diaryl/α,β-unsaturated/α-hetero) is 1. The first-order valence-electron chi connectivity index (χ1n) is 9.67. The number of methoxy groups -OCH3 is 1. The number of rotatable bonds is 8.